The number of carbonyl (C=O) groups is 1. The first-order valence-corrected chi connectivity index (χ1v) is 7.80. The van der Waals surface area contributed by atoms with Crippen LogP contribution in [-0.4, -0.2) is 32.6 Å². The van der Waals surface area contributed by atoms with Crippen molar-refractivity contribution in [3.63, 3.8) is 0 Å². The van der Waals surface area contributed by atoms with Crippen LogP contribution in [0.4, 0.5) is 0 Å². The minimum absolute atomic E-state index is 0.000559. The molecule has 0 aliphatic heterocycles. The predicted octanol–water partition coefficient (Wildman–Crippen LogP) is 3.16. The second-order valence-electron chi connectivity index (χ2n) is 5.00. The van der Waals surface area contributed by atoms with Gasteiger partial charge in [-0.2, -0.15) is 5.10 Å². The summed E-state index contributed by atoms with van der Waals surface area (Å²) in [7, 11) is 1.83. The molecule has 0 fully saturated rings. The first-order chi connectivity index (χ1) is 10.7. The highest BCUT2D eigenvalue weighted by atomic mass is 32.1. The van der Waals surface area contributed by atoms with Crippen molar-refractivity contribution >= 4 is 17.2 Å². The van der Waals surface area contributed by atoms with E-state index in [1.165, 1.54) is 17.7 Å². The molecule has 0 spiro atoms. The lowest BCUT2D eigenvalue weighted by atomic mass is 10.1. The molecular weight excluding hydrogens is 296 g/mol. The Morgan fingerprint density at radius 1 is 1.27 bits per heavy atom. The molecule has 2 heterocycles. The van der Waals surface area contributed by atoms with Gasteiger partial charge in [0.2, 0.25) is 0 Å². The molecule has 1 amide bonds. The van der Waals surface area contributed by atoms with E-state index in [-0.39, 0.29) is 11.9 Å². The van der Waals surface area contributed by atoms with E-state index in [1.54, 1.807) is 15.9 Å². The minimum atomic E-state index is -0.000559. The van der Waals surface area contributed by atoms with Gasteiger partial charge in [0.25, 0.3) is 5.91 Å². The lowest BCUT2D eigenvalue weighted by molar-refractivity contribution is 0.0747. The molecule has 1 unspecified atom stereocenters. The van der Waals surface area contributed by atoms with E-state index in [0.717, 1.165) is 16.1 Å². The molecule has 2 aromatic heterocycles. The van der Waals surface area contributed by atoms with Gasteiger partial charge in [-0.05, 0) is 36.1 Å². The fraction of sp³-hybridized carbons (Fsp3) is 0.188. The van der Waals surface area contributed by atoms with E-state index in [0.29, 0.717) is 0 Å². The Kier molecular flexibility index (Phi) is 4.02. The number of hydrogen-bond acceptors (Lipinski definition) is 4. The van der Waals surface area contributed by atoms with Crippen molar-refractivity contribution in [1.29, 1.82) is 0 Å². The van der Waals surface area contributed by atoms with Gasteiger partial charge in [-0.15, -0.1) is 11.3 Å². The Morgan fingerprint density at radius 2 is 2.05 bits per heavy atom. The zero-order valence-electron chi connectivity index (χ0n) is 12.4. The molecule has 0 aliphatic rings. The fourth-order valence-corrected chi connectivity index (χ4v) is 2.93. The molecule has 3 aromatic rings. The number of rotatable bonds is 4. The van der Waals surface area contributed by atoms with E-state index in [1.807, 2.05) is 55.7 Å². The van der Waals surface area contributed by atoms with Crippen molar-refractivity contribution in [3.05, 3.63) is 64.9 Å². The average Bonchev–Trinajstić information content (AvgIpc) is 3.26. The Morgan fingerprint density at radius 3 is 2.64 bits per heavy atom. The van der Waals surface area contributed by atoms with Crippen LogP contribution < -0.4 is 0 Å². The molecule has 0 aliphatic carbocycles. The van der Waals surface area contributed by atoms with Crippen LogP contribution in [0.15, 0.2) is 54.4 Å². The Hall–Kier alpha value is -2.47. The summed E-state index contributed by atoms with van der Waals surface area (Å²) in [5, 5.41) is 6.02. The Balaban J connectivity index is 1.77. The molecule has 0 radical (unpaired) electrons. The summed E-state index contributed by atoms with van der Waals surface area (Å²) in [6.45, 7) is 2.02. The van der Waals surface area contributed by atoms with Crippen LogP contribution in [-0.2, 0) is 0 Å². The van der Waals surface area contributed by atoms with Gasteiger partial charge in [-0.1, -0.05) is 18.2 Å². The van der Waals surface area contributed by atoms with Crippen molar-refractivity contribution in [2.75, 3.05) is 7.05 Å². The van der Waals surface area contributed by atoms with Crippen molar-refractivity contribution in [2.45, 2.75) is 13.0 Å². The van der Waals surface area contributed by atoms with Crippen LogP contribution in [0.5, 0.6) is 0 Å². The van der Waals surface area contributed by atoms with Gasteiger partial charge in [0.1, 0.15) is 12.7 Å². The van der Waals surface area contributed by atoms with Crippen molar-refractivity contribution in [1.82, 2.24) is 19.7 Å². The topological polar surface area (TPSA) is 51.0 Å². The lowest BCUT2D eigenvalue weighted by Crippen LogP contribution is -2.29. The van der Waals surface area contributed by atoms with Gasteiger partial charge in [0.15, 0.2) is 0 Å². The smallest absolute Gasteiger partial charge is 0.264 e. The molecule has 112 valence electrons. The van der Waals surface area contributed by atoms with Crippen LogP contribution in [0.2, 0.25) is 0 Å². The summed E-state index contributed by atoms with van der Waals surface area (Å²) in [5.74, 6) is 0.0443. The monoisotopic (exact) mass is 312 g/mol. The molecule has 1 atom stereocenters. The molecule has 1 aromatic carbocycles. The van der Waals surface area contributed by atoms with Crippen LogP contribution >= 0.6 is 11.3 Å². The molecular formula is C16H16N4OS. The van der Waals surface area contributed by atoms with E-state index >= 15 is 0 Å². The minimum Gasteiger partial charge on any atom is -0.334 e. The number of aromatic nitrogens is 3. The van der Waals surface area contributed by atoms with Crippen molar-refractivity contribution < 1.29 is 4.79 Å². The molecule has 22 heavy (non-hydrogen) atoms. The fourth-order valence-electron chi connectivity index (χ4n) is 2.22. The van der Waals surface area contributed by atoms with E-state index in [2.05, 4.69) is 10.1 Å². The van der Waals surface area contributed by atoms with Crippen molar-refractivity contribution in [2.24, 2.45) is 0 Å². The first-order valence-electron chi connectivity index (χ1n) is 6.92. The number of thiophene rings is 1. The highest BCUT2D eigenvalue weighted by Gasteiger charge is 2.19. The standard InChI is InChI=1S/C16H16N4OS/c1-12(19(2)16(21)15-4-3-9-22-15)13-5-7-14(8-6-13)20-11-17-10-18-20/h3-12H,1-2H3. The third-order valence-electron chi connectivity index (χ3n) is 3.69. The second-order valence-corrected chi connectivity index (χ2v) is 5.95. The van der Waals surface area contributed by atoms with Crippen molar-refractivity contribution in [3.8, 4) is 5.69 Å². The van der Waals surface area contributed by atoms with E-state index < -0.39 is 0 Å². The maximum atomic E-state index is 12.4. The third kappa shape index (κ3) is 2.78. The predicted molar refractivity (Wildman–Crippen MR) is 86.2 cm³/mol. The van der Waals surface area contributed by atoms with E-state index in [4.69, 9.17) is 0 Å². The summed E-state index contributed by atoms with van der Waals surface area (Å²) < 4.78 is 1.70. The first kappa shape index (κ1) is 14.5. The largest absolute Gasteiger partial charge is 0.334 e. The molecule has 3 rings (SSSR count). The SMILES string of the molecule is CC(c1ccc(-n2cncn2)cc1)N(C)C(=O)c1cccs1. The highest BCUT2D eigenvalue weighted by Crippen LogP contribution is 2.23. The van der Waals surface area contributed by atoms with Crippen LogP contribution in [0.3, 0.4) is 0 Å². The van der Waals surface area contributed by atoms with Gasteiger partial charge in [-0.25, -0.2) is 9.67 Å². The number of amides is 1. The average molecular weight is 312 g/mol. The summed E-state index contributed by atoms with van der Waals surface area (Å²) >= 11 is 1.46. The van der Waals surface area contributed by atoms with E-state index in [9.17, 15) is 4.79 Å². The molecule has 0 N–H and O–H groups in total. The second kappa shape index (κ2) is 6.11. The zero-order chi connectivity index (χ0) is 15.5. The lowest BCUT2D eigenvalue weighted by Gasteiger charge is -2.25. The molecule has 0 bridgehead atoms. The van der Waals surface area contributed by atoms with Crippen LogP contribution in [0, 0.1) is 0 Å². The zero-order valence-corrected chi connectivity index (χ0v) is 13.2. The van der Waals surface area contributed by atoms with Gasteiger partial charge in [0, 0.05) is 7.05 Å². The van der Waals surface area contributed by atoms with Gasteiger partial charge in [-0.3, -0.25) is 4.79 Å². The Bertz CT molecular complexity index is 735. The number of nitrogens with zero attached hydrogens (tertiary/aromatic N) is 4. The maximum Gasteiger partial charge on any atom is 0.264 e. The molecule has 0 saturated heterocycles. The highest BCUT2D eigenvalue weighted by molar-refractivity contribution is 7.12. The molecule has 6 heteroatoms. The summed E-state index contributed by atoms with van der Waals surface area (Å²) in [5.41, 5.74) is 2.02. The van der Waals surface area contributed by atoms with Gasteiger partial charge < -0.3 is 4.90 Å². The normalized spacial score (nSPS) is 12.1. The third-order valence-corrected chi connectivity index (χ3v) is 4.55. The van der Waals surface area contributed by atoms with Crippen LogP contribution in [0.25, 0.3) is 5.69 Å². The summed E-state index contributed by atoms with van der Waals surface area (Å²) in [6, 6.07) is 11.7. The molecule has 5 nitrogen and oxygen atoms in total. The van der Waals surface area contributed by atoms with Gasteiger partial charge in [0.05, 0.1) is 16.6 Å². The summed E-state index contributed by atoms with van der Waals surface area (Å²) in [6.07, 6.45) is 3.16. The maximum absolute atomic E-state index is 12.4. The summed E-state index contributed by atoms with van der Waals surface area (Å²) in [4.78, 5) is 18.8. The number of carbonyl (C=O) groups excluding carboxylic acids is 1. The van der Waals surface area contributed by atoms with Gasteiger partial charge >= 0.3 is 0 Å². The quantitative estimate of drug-likeness (QED) is 0.743. The Labute approximate surface area is 132 Å². The van der Waals surface area contributed by atoms with Crippen LogP contribution in [0.1, 0.15) is 28.2 Å². The number of hydrogen-bond donors (Lipinski definition) is 0. The molecule has 0 saturated carbocycles. The number of benzene rings is 1.